The summed E-state index contributed by atoms with van der Waals surface area (Å²) in [6.45, 7) is 16.0. The maximum Gasteiger partial charge on any atom is 0.215 e. The van der Waals surface area contributed by atoms with E-state index in [1.165, 1.54) is 5.75 Å². The van der Waals surface area contributed by atoms with E-state index in [1.54, 1.807) is 0 Å². The fourth-order valence-corrected chi connectivity index (χ4v) is 1.97. The van der Waals surface area contributed by atoms with Gasteiger partial charge in [0.2, 0.25) is 6.54 Å². The minimum atomic E-state index is 0.402. The largest absolute Gasteiger partial charge is 0.317 e. The van der Waals surface area contributed by atoms with E-state index < -0.39 is 0 Å². The van der Waals surface area contributed by atoms with Gasteiger partial charge < -0.3 is 4.85 Å². The smallest absolute Gasteiger partial charge is 0.215 e. The van der Waals surface area contributed by atoms with Crippen molar-refractivity contribution in [2.75, 3.05) is 12.3 Å². The van der Waals surface area contributed by atoms with Crippen LogP contribution < -0.4 is 0 Å². The molecule has 1 heterocycles. The average Bonchev–Trinajstić information content (AvgIpc) is 2.97. The molecule has 0 N–H and O–H groups in total. The molecule has 0 aliphatic carbocycles. The molecule has 0 aromatic carbocycles. The van der Waals surface area contributed by atoms with Crippen molar-refractivity contribution in [1.82, 2.24) is 0 Å². The quantitative estimate of drug-likeness (QED) is 0.445. The number of rotatable bonds is 4. The summed E-state index contributed by atoms with van der Waals surface area (Å²) in [6.07, 6.45) is 0.921. The van der Waals surface area contributed by atoms with Gasteiger partial charge in [0, 0.05) is 22.7 Å². The lowest BCUT2D eigenvalue weighted by molar-refractivity contribution is 0.592. The third-order valence-electron chi connectivity index (χ3n) is 2.41. The summed E-state index contributed by atoms with van der Waals surface area (Å²) in [6, 6.07) is 0. The van der Waals surface area contributed by atoms with Crippen LogP contribution in [0.3, 0.4) is 0 Å². The maximum absolute atomic E-state index is 6.53. The zero-order valence-corrected chi connectivity index (χ0v) is 11.9. The van der Waals surface area contributed by atoms with Crippen LogP contribution in [-0.2, 0) is 0 Å². The Morgan fingerprint density at radius 1 is 1.40 bits per heavy atom. The van der Waals surface area contributed by atoms with Gasteiger partial charge in [0.25, 0.3) is 0 Å². The van der Waals surface area contributed by atoms with Crippen molar-refractivity contribution >= 4 is 24.4 Å². The molecule has 1 aliphatic heterocycles. The van der Waals surface area contributed by atoms with Gasteiger partial charge in [-0.25, -0.2) is 6.57 Å². The van der Waals surface area contributed by atoms with Crippen LogP contribution in [0.1, 0.15) is 34.1 Å². The highest BCUT2D eigenvalue weighted by molar-refractivity contribution is 8.06. The number of thiol groups is 1. The third-order valence-corrected chi connectivity index (χ3v) is 4.53. The minimum absolute atomic E-state index is 0.402. The zero-order chi connectivity index (χ0) is 11.8. The van der Waals surface area contributed by atoms with Gasteiger partial charge in [-0.3, -0.25) is 0 Å². The fourth-order valence-electron chi connectivity index (χ4n) is 0.971. The van der Waals surface area contributed by atoms with E-state index in [0.717, 1.165) is 17.6 Å². The molecule has 2 atom stereocenters. The molecule has 15 heavy (non-hydrogen) atoms. The van der Waals surface area contributed by atoms with Crippen LogP contribution in [0.2, 0.25) is 0 Å². The Balaban J connectivity index is 0.000000280. The second-order valence-electron chi connectivity index (χ2n) is 4.60. The summed E-state index contributed by atoms with van der Waals surface area (Å²) in [5, 5.41) is 1.42. The van der Waals surface area contributed by atoms with Gasteiger partial charge in [0.1, 0.15) is 0 Å². The number of hydrogen-bond acceptors (Lipinski definition) is 2. The van der Waals surface area contributed by atoms with Gasteiger partial charge in [0.05, 0.1) is 0 Å². The molecular formula is C12H23NS2. The van der Waals surface area contributed by atoms with E-state index in [0.29, 0.717) is 17.7 Å². The van der Waals surface area contributed by atoms with E-state index in [9.17, 15) is 0 Å². The van der Waals surface area contributed by atoms with Crippen LogP contribution in [0, 0.1) is 18.4 Å². The molecule has 2 unspecified atom stereocenters. The third kappa shape index (κ3) is 9.14. The highest BCUT2D eigenvalue weighted by Gasteiger charge is 2.25. The molecule has 0 aromatic heterocycles. The summed E-state index contributed by atoms with van der Waals surface area (Å²) >= 11 is 6.39. The van der Waals surface area contributed by atoms with Gasteiger partial charge in [-0.05, 0) is 11.8 Å². The standard InChI is InChI=1S/C7H13NS.C5H10S/c1-6(2)7(9)4-5-8-3;1-4(2)5-3-6-5/h6-7,9H,4-5H2,1-2H3;4-5H,3H2,1-2H3. The van der Waals surface area contributed by atoms with Gasteiger partial charge in [-0.15, -0.1) is 0 Å². The van der Waals surface area contributed by atoms with Gasteiger partial charge in [-0.2, -0.15) is 24.4 Å². The second-order valence-corrected chi connectivity index (χ2v) is 6.53. The van der Waals surface area contributed by atoms with Gasteiger partial charge >= 0.3 is 0 Å². The summed E-state index contributed by atoms with van der Waals surface area (Å²) in [5.74, 6) is 2.93. The Labute approximate surface area is 105 Å². The first-order valence-electron chi connectivity index (χ1n) is 5.61. The summed E-state index contributed by atoms with van der Waals surface area (Å²) in [4.78, 5) is 3.26. The highest BCUT2D eigenvalue weighted by Crippen LogP contribution is 2.35. The topological polar surface area (TPSA) is 4.36 Å². The first-order chi connectivity index (χ1) is 6.99. The van der Waals surface area contributed by atoms with Crippen molar-refractivity contribution in [3.63, 3.8) is 0 Å². The summed E-state index contributed by atoms with van der Waals surface area (Å²) in [5.41, 5.74) is 0. The van der Waals surface area contributed by atoms with Crippen molar-refractivity contribution in [3.05, 3.63) is 11.4 Å². The second kappa shape index (κ2) is 8.35. The van der Waals surface area contributed by atoms with Crippen LogP contribution in [0.4, 0.5) is 0 Å². The molecule has 0 amide bonds. The predicted octanol–water partition coefficient (Wildman–Crippen LogP) is 4.01. The summed E-state index contributed by atoms with van der Waals surface area (Å²) in [7, 11) is 0. The van der Waals surface area contributed by atoms with E-state index in [1.807, 2.05) is 0 Å². The Morgan fingerprint density at radius 3 is 2.13 bits per heavy atom. The monoisotopic (exact) mass is 245 g/mol. The first-order valence-corrected chi connectivity index (χ1v) is 7.18. The first kappa shape index (κ1) is 15.2. The van der Waals surface area contributed by atoms with Crippen molar-refractivity contribution in [2.24, 2.45) is 11.8 Å². The molecule has 88 valence electrons. The van der Waals surface area contributed by atoms with E-state index in [2.05, 4.69) is 56.9 Å². The minimum Gasteiger partial charge on any atom is -0.317 e. The Hall–Kier alpha value is 0.190. The predicted molar refractivity (Wildman–Crippen MR) is 74.8 cm³/mol. The summed E-state index contributed by atoms with van der Waals surface area (Å²) < 4.78 is 0. The SMILES string of the molecule is CC(C)C1CS1.[C-]#[N+]CCC(S)C(C)C. The highest BCUT2D eigenvalue weighted by atomic mass is 32.2. The molecule has 1 nitrogen and oxygen atoms in total. The molecule has 1 fully saturated rings. The number of nitrogens with zero attached hydrogens (tertiary/aromatic N) is 1. The maximum atomic E-state index is 6.53. The van der Waals surface area contributed by atoms with E-state index in [4.69, 9.17) is 6.57 Å². The lowest BCUT2D eigenvalue weighted by Gasteiger charge is -2.09. The van der Waals surface area contributed by atoms with Crippen LogP contribution in [0.5, 0.6) is 0 Å². The van der Waals surface area contributed by atoms with Crippen molar-refractivity contribution < 1.29 is 0 Å². The van der Waals surface area contributed by atoms with Crippen LogP contribution >= 0.6 is 24.4 Å². The fraction of sp³-hybridized carbons (Fsp3) is 0.917. The molecule has 0 bridgehead atoms. The lowest BCUT2D eigenvalue weighted by atomic mass is 10.1. The van der Waals surface area contributed by atoms with Crippen LogP contribution in [-0.4, -0.2) is 22.8 Å². The molecule has 1 rings (SSSR count). The molecular weight excluding hydrogens is 222 g/mol. The van der Waals surface area contributed by atoms with Crippen molar-refractivity contribution in [1.29, 1.82) is 0 Å². The normalized spacial score (nSPS) is 20.5. The Morgan fingerprint density at radius 2 is 1.93 bits per heavy atom. The van der Waals surface area contributed by atoms with Crippen molar-refractivity contribution in [3.8, 4) is 0 Å². The van der Waals surface area contributed by atoms with Gasteiger partial charge in [0.15, 0.2) is 0 Å². The van der Waals surface area contributed by atoms with Crippen LogP contribution in [0.15, 0.2) is 0 Å². The molecule has 1 aliphatic rings. The Kier molecular flexibility index (Phi) is 8.46. The lowest BCUT2D eigenvalue weighted by Crippen LogP contribution is -2.08. The van der Waals surface area contributed by atoms with Gasteiger partial charge in [-0.1, -0.05) is 27.7 Å². The molecule has 0 saturated carbocycles. The van der Waals surface area contributed by atoms with Crippen LogP contribution in [0.25, 0.3) is 4.85 Å². The molecule has 0 aromatic rings. The number of hydrogen-bond donors (Lipinski definition) is 1. The van der Waals surface area contributed by atoms with Crippen molar-refractivity contribution in [2.45, 2.75) is 44.6 Å². The molecule has 0 radical (unpaired) electrons. The zero-order valence-electron chi connectivity index (χ0n) is 10.2. The van der Waals surface area contributed by atoms with E-state index >= 15 is 0 Å². The molecule has 0 spiro atoms. The average molecular weight is 245 g/mol. The van der Waals surface area contributed by atoms with E-state index in [-0.39, 0.29) is 0 Å². The molecule has 3 heteroatoms. The molecule has 1 saturated heterocycles. The Bertz CT molecular complexity index is 192. The number of thioether (sulfide) groups is 1.